The van der Waals surface area contributed by atoms with E-state index in [1.165, 1.54) is 24.1 Å². The molecule has 0 aromatic heterocycles. The second-order valence-electron chi connectivity index (χ2n) is 8.01. The molecule has 2 rings (SSSR count). The molecular formula is C22H29FN2O2S. The zero-order valence-corrected chi connectivity index (χ0v) is 18.1. The van der Waals surface area contributed by atoms with E-state index in [0.29, 0.717) is 5.69 Å². The zero-order valence-electron chi connectivity index (χ0n) is 17.3. The van der Waals surface area contributed by atoms with Crippen LogP contribution in [0.4, 0.5) is 14.9 Å². The standard InChI is InChI=1S/C22H29FN2O2S/c1-13(2)18-11-16(23)12-19(14(3)4)20(18)24-21(26)25-28-17-9-7-15(8-10-17)22(5,6)27/h7-14,27H,1-6H3,(H2,24,25,26). The van der Waals surface area contributed by atoms with Gasteiger partial charge in [-0.15, -0.1) is 0 Å². The van der Waals surface area contributed by atoms with Gasteiger partial charge >= 0.3 is 6.03 Å². The van der Waals surface area contributed by atoms with Crippen molar-refractivity contribution in [3.8, 4) is 0 Å². The van der Waals surface area contributed by atoms with Crippen LogP contribution >= 0.6 is 11.9 Å². The molecule has 0 radical (unpaired) electrons. The van der Waals surface area contributed by atoms with Crippen molar-refractivity contribution >= 4 is 23.7 Å². The van der Waals surface area contributed by atoms with Crippen molar-refractivity contribution in [1.29, 1.82) is 0 Å². The molecule has 2 amide bonds. The van der Waals surface area contributed by atoms with Crippen LogP contribution in [0.1, 0.15) is 70.1 Å². The van der Waals surface area contributed by atoms with Gasteiger partial charge in [0.05, 0.1) is 5.60 Å². The largest absolute Gasteiger partial charge is 0.386 e. The molecule has 2 aromatic carbocycles. The Kier molecular flexibility index (Phi) is 7.12. The molecule has 0 fully saturated rings. The maximum absolute atomic E-state index is 14.0. The SMILES string of the molecule is CC(C)c1cc(F)cc(C(C)C)c1NC(=O)NSc1ccc(C(C)(C)O)cc1. The van der Waals surface area contributed by atoms with Gasteiger partial charge in [0, 0.05) is 10.6 Å². The van der Waals surface area contributed by atoms with Gasteiger partial charge in [-0.3, -0.25) is 4.72 Å². The summed E-state index contributed by atoms with van der Waals surface area (Å²) in [5.74, 6) is -0.143. The van der Waals surface area contributed by atoms with Gasteiger partial charge in [-0.05, 0) is 78.6 Å². The maximum atomic E-state index is 14.0. The summed E-state index contributed by atoms with van der Waals surface area (Å²) in [6.07, 6.45) is 0. The first-order chi connectivity index (χ1) is 13.0. The van der Waals surface area contributed by atoms with E-state index in [4.69, 9.17) is 0 Å². The molecule has 0 saturated heterocycles. The van der Waals surface area contributed by atoms with Gasteiger partial charge in [-0.2, -0.15) is 0 Å². The van der Waals surface area contributed by atoms with Crippen molar-refractivity contribution in [1.82, 2.24) is 4.72 Å². The highest BCUT2D eigenvalue weighted by Crippen LogP contribution is 2.33. The van der Waals surface area contributed by atoms with Gasteiger partial charge in [0.15, 0.2) is 0 Å². The molecule has 4 nitrogen and oxygen atoms in total. The normalized spacial score (nSPS) is 11.8. The summed E-state index contributed by atoms with van der Waals surface area (Å²) in [5.41, 5.74) is 2.12. The number of carbonyl (C=O) groups excluding carboxylic acids is 1. The number of halogens is 1. The average Bonchev–Trinajstić information content (AvgIpc) is 2.60. The van der Waals surface area contributed by atoms with E-state index >= 15 is 0 Å². The number of benzene rings is 2. The molecule has 2 aromatic rings. The number of hydrogen-bond acceptors (Lipinski definition) is 3. The molecule has 0 aliphatic rings. The summed E-state index contributed by atoms with van der Waals surface area (Å²) < 4.78 is 16.8. The van der Waals surface area contributed by atoms with Crippen LogP contribution in [0.25, 0.3) is 0 Å². The Labute approximate surface area is 171 Å². The molecule has 0 atom stereocenters. The summed E-state index contributed by atoms with van der Waals surface area (Å²) in [5, 5.41) is 12.9. The number of amides is 2. The Bertz CT molecular complexity index is 798. The lowest BCUT2D eigenvalue weighted by Gasteiger charge is -2.20. The third-order valence-corrected chi connectivity index (χ3v) is 5.26. The molecule has 3 N–H and O–H groups in total. The third-order valence-electron chi connectivity index (χ3n) is 4.47. The average molecular weight is 405 g/mol. The number of anilines is 1. The van der Waals surface area contributed by atoms with Crippen molar-refractivity contribution in [2.45, 2.75) is 63.9 Å². The van der Waals surface area contributed by atoms with Gasteiger partial charge in [0.25, 0.3) is 0 Å². The van der Waals surface area contributed by atoms with Gasteiger partial charge in [-0.25, -0.2) is 9.18 Å². The molecule has 28 heavy (non-hydrogen) atoms. The first-order valence-corrected chi connectivity index (χ1v) is 10.2. The van der Waals surface area contributed by atoms with E-state index in [1.54, 1.807) is 13.8 Å². The van der Waals surface area contributed by atoms with Crippen LogP contribution in [0.3, 0.4) is 0 Å². The van der Waals surface area contributed by atoms with Gasteiger partial charge in [0.2, 0.25) is 0 Å². The van der Waals surface area contributed by atoms with Crippen LogP contribution in [-0.4, -0.2) is 11.1 Å². The van der Waals surface area contributed by atoms with Crippen LogP contribution in [0.5, 0.6) is 0 Å². The quantitative estimate of drug-likeness (QED) is 0.508. The van der Waals surface area contributed by atoms with Crippen molar-refractivity contribution in [3.63, 3.8) is 0 Å². The molecule has 0 aliphatic heterocycles. The molecule has 152 valence electrons. The van der Waals surface area contributed by atoms with Gasteiger partial charge < -0.3 is 10.4 Å². The summed E-state index contributed by atoms with van der Waals surface area (Å²) in [7, 11) is 0. The first kappa shape index (κ1) is 22.2. The van der Waals surface area contributed by atoms with E-state index in [1.807, 2.05) is 52.0 Å². The van der Waals surface area contributed by atoms with Gasteiger partial charge in [0.1, 0.15) is 5.82 Å². The van der Waals surface area contributed by atoms with Crippen molar-refractivity contribution in [3.05, 3.63) is 58.9 Å². The first-order valence-electron chi connectivity index (χ1n) is 9.39. The number of urea groups is 1. The predicted octanol–water partition coefficient (Wildman–Crippen LogP) is 6.13. The number of carbonyl (C=O) groups is 1. The fourth-order valence-electron chi connectivity index (χ4n) is 2.88. The highest BCUT2D eigenvalue weighted by molar-refractivity contribution is 7.98. The molecule has 0 heterocycles. The lowest BCUT2D eigenvalue weighted by Crippen LogP contribution is -2.24. The van der Waals surface area contributed by atoms with Crippen molar-refractivity contribution in [2.24, 2.45) is 0 Å². The monoisotopic (exact) mass is 404 g/mol. The summed E-state index contributed by atoms with van der Waals surface area (Å²) in [4.78, 5) is 13.3. The van der Waals surface area contributed by atoms with Crippen LogP contribution in [0.15, 0.2) is 41.3 Å². The minimum Gasteiger partial charge on any atom is -0.386 e. The smallest absolute Gasteiger partial charge is 0.329 e. The Balaban J connectivity index is 2.13. The lowest BCUT2D eigenvalue weighted by atomic mass is 9.92. The molecule has 0 unspecified atom stereocenters. The molecule has 0 aliphatic carbocycles. The van der Waals surface area contributed by atoms with E-state index in [2.05, 4.69) is 10.0 Å². The molecular weight excluding hydrogens is 375 g/mol. The van der Waals surface area contributed by atoms with Crippen LogP contribution in [0.2, 0.25) is 0 Å². The van der Waals surface area contributed by atoms with Crippen molar-refractivity contribution < 1.29 is 14.3 Å². The number of aliphatic hydroxyl groups is 1. The summed E-state index contributed by atoms with van der Waals surface area (Å²) >= 11 is 1.18. The molecule has 6 heteroatoms. The summed E-state index contributed by atoms with van der Waals surface area (Å²) in [6.45, 7) is 11.3. The van der Waals surface area contributed by atoms with E-state index < -0.39 is 5.60 Å². The number of hydrogen-bond donors (Lipinski definition) is 3. The Morgan fingerprint density at radius 1 is 1.04 bits per heavy atom. The maximum Gasteiger partial charge on any atom is 0.329 e. The highest BCUT2D eigenvalue weighted by Gasteiger charge is 2.18. The van der Waals surface area contributed by atoms with Crippen LogP contribution in [-0.2, 0) is 5.60 Å². The van der Waals surface area contributed by atoms with E-state index in [9.17, 15) is 14.3 Å². The summed E-state index contributed by atoms with van der Waals surface area (Å²) in [6, 6.07) is 9.94. The topological polar surface area (TPSA) is 61.4 Å². The second-order valence-corrected chi connectivity index (χ2v) is 8.89. The number of nitrogens with one attached hydrogen (secondary N) is 2. The van der Waals surface area contributed by atoms with E-state index in [-0.39, 0.29) is 23.7 Å². The Morgan fingerprint density at radius 3 is 1.96 bits per heavy atom. The second kappa shape index (κ2) is 8.97. The third kappa shape index (κ3) is 5.72. The van der Waals surface area contributed by atoms with Crippen LogP contribution < -0.4 is 10.0 Å². The van der Waals surface area contributed by atoms with E-state index in [0.717, 1.165) is 21.6 Å². The Hall–Kier alpha value is -2.05. The molecule has 0 spiro atoms. The fraction of sp³-hybridized carbons (Fsp3) is 0.409. The van der Waals surface area contributed by atoms with Gasteiger partial charge in [-0.1, -0.05) is 39.8 Å². The lowest BCUT2D eigenvalue weighted by molar-refractivity contribution is 0.0785. The number of rotatable bonds is 6. The minimum absolute atomic E-state index is 0.0746. The zero-order chi connectivity index (χ0) is 21.1. The minimum atomic E-state index is -0.906. The van der Waals surface area contributed by atoms with Crippen LogP contribution in [0, 0.1) is 5.82 Å². The highest BCUT2D eigenvalue weighted by atomic mass is 32.2. The predicted molar refractivity (Wildman–Crippen MR) is 114 cm³/mol. The Morgan fingerprint density at radius 2 is 1.54 bits per heavy atom. The van der Waals surface area contributed by atoms with Crippen molar-refractivity contribution in [2.75, 3.05) is 5.32 Å². The molecule has 0 bridgehead atoms. The fourth-order valence-corrected chi connectivity index (χ4v) is 3.41. The molecule has 0 saturated carbocycles.